The van der Waals surface area contributed by atoms with Gasteiger partial charge in [-0.05, 0) is 43.0 Å². The summed E-state index contributed by atoms with van der Waals surface area (Å²) in [7, 11) is 1.07. The van der Waals surface area contributed by atoms with E-state index in [1.807, 2.05) is 0 Å². The maximum absolute atomic E-state index is 14.1. The molecule has 1 unspecified atom stereocenters. The summed E-state index contributed by atoms with van der Waals surface area (Å²) in [4.78, 5) is 17.6. The first-order valence-corrected chi connectivity index (χ1v) is 8.74. The Kier molecular flexibility index (Phi) is 6.70. The van der Waals surface area contributed by atoms with Crippen molar-refractivity contribution >= 4 is 29.0 Å². The number of aliphatic imine (C=N–C) groups is 1. The molecule has 27 heavy (non-hydrogen) atoms. The Labute approximate surface area is 161 Å². The van der Waals surface area contributed by atoms with Crippen molar-refractivity contribution in [3.05, 3.63) is 52.7 Å². The van der Waals surface area contributed by atoms with Crippen LogP contribution in [-0.2, 0) is 4.79 Å². The van der Waals surface area contributed by atoms with Gasteiger partial charge >= 0.3 is 0 Å². The predicted octanol–water partition coefficient (Wildman–Crippen LogP) is 4.21. The van der Waals surface area contributed by atoms with Gasteiger partial charge in [-0.1, -0.05) is 30.3 Å². The number of allylic oxidation sites excluding steroid dienone is 1. The maximum Gasteiger partial charge on any atom is 0.278 e. The summed E-state index contributed by atoms with van der Waals surface area (Å²) in [6.45, 7) is 5.72. The molecule has 1 aromatic carbocycles. The third kappa shape index (κ3) is 4.71. The fourth-order valence-electron chi connectivity index (χ4n) is 2.79. The highest BCUT2D eigenvalue weighted by Gasteiger charge is 2.40. The molecule has 2 rings (SSSR count). The zero-order chi connectivity index (χ0) is 20.3. The molecule has 0 aliphatic heterocycles. The molecular weight excluding hydrogens is 379 g/mol. The minimum absolute atomic E-state index is 0.200. The molecule has 0 radical (unpaired) electrons. The molecule has 0 heterocycles. The minimum Gasteiger partial charge on any atom is -0.397 e. The van der Waals surface area contributed by atoms with Crippen molar-refractivity contribution in [2.75, 3.05) is 7.05 Å². The number of carbonyl (C=O) groups excluding carboxylic acids is 1. The Morgan fingerprint density at radius 2 is 2.04 bits per heavy atom. The monoisotopic (exact) mass is 399 g/mol. The standard InChI is InChI=1S/C19H21ClF3N3O/c1-10(12-5-4-6-13(20)9-12)11(2)26(14-7-8-14)19(27)15(18(23)25-3)16(24)17(21)22/h4-6,9,11,14,17H,1,7-8,24H2,2-3H3. The second-order valence-corrected chi connectivity index (χ2v) is 6.74. The molecule has 1 aliphatic carbocycles. The number of carbonyl (C=O) groups is 1. The van der Waals surface area contributed by atoms with Crippen molar-refractivity contribution in [2.45, 2.75) is 38.3 Å². The van der Waals surface area contributed by atoms with E-state index in [-0.39, 0.29) is 6.04 Å². The number of benzene rings is 1. The molecule has 0 spiro atoms. The van der Waals surface area contributed by atoms with Gasteiger partial charge in [0.2, 0.25) is 5.97 Å². The molecule has 1 saturated carbocycles. The van der Waals surface area contributed by atoms with Crippen LogP contribution in [0.2, 0.25) is 5.02 Å². The zero-order valence-electron chi connectivity index (χ0n) is 15.1. The van der Waals surface area contributed by atoms with Gasteiger partial charge in [0.1, 0.15) is 5.57 Å². The van der Waals surface area contributed by atoms with Crippen LogP contribution in [0.15, 0.2) is 47.1 Å². The molecule has 1 fully saturated rings. The third-order valence-corrected chi connectivity index (χ3v) is 4.67. The lowest BCUT2D eigenvalue weighted by Gasteiger charge is -2.32. The van der Waals surface area contributed by atoms with Gasteiger partial charge < -0.3 is 10.6 Å². The summed E-state index contributed by atoms with van der Waals surface area (Å²) in [5.41, 5.74) is 4.55. The maximum atomic E-state index is 14.1. The van der Waals surface area contributed by atoms with Crippen LogP contribution in [0.3, 0.4) is 0 Å². The highest BCUT2D eigenvalue weighted by Crippen LogP contribution is 2.35. The number of hydrogen-bond acceptors (Lipinski definition) is 3. The van der Waals surface area contributed by atoms with Gasteiger partial charge in [-0.25, -0.2) is 8.78 Å². The molecule has 1 amide bonds. The highest BCUT2D eigenvalue weighted by atomic mass is 35.5. The normalized spacial score (nSPS) is 16.8. The van der Waals surface area contributed by atoms with E-state index in [0.29, 0.717) is 29.0 Å². The van der Waals surface area contributed by atoms with Crippen LogP contribution in [0.25, 0.3) is 5.57 Å². The fraction of sp³-hybridized carbons (Fsp3) is 0.368. The second-order valence-electron chi connectivity index (χ2n) is 6.30. The van der Waals surface area contributed by atoms with Gasteiger partial charge in [0, 0.05) is 18.1 Å². The average molecular weight is 400 g/mol. The largest absolute Gasteiger partial charge is 0.397 e. The summed E-state index contributed by atoms with van der Waals surface area (Å²) >= 11 is 6.00. The quantitative estimate of drug-likeness (QED) is 0.551. The van der Waals surface area contributed by atoms with Gasteiger partial charge in [-0.15, -0.1) is 0 Å². The lowest BCUT2D eigenvalue weighted by molar-refractivity contribution is -0.128. The summed E-state index contributed by atoms with van der Waals surface area (Å²) in [5.74, 6) is -2.24. The lowest BCUT2D eigenvalue weighted by Crippen LogP contribution is -2.43. The van der Waals surface area contributed by atoms with Gasteiger partial charge in [-0.2, -0.15) is 4.39 Å². The van der Waals surface area contributed by atoms with E-state index < -0.39 is 35.6 Å². The Morgan fingerprint density at radius 1 is 1.41 bits per heavy atom. The van der Waals surface area contributed by atoms with E-state index >= 15 is 0 Å². The van der Waals surface area contributed by atoms with Crippen LogP contribution in [0.5, 0.6) is 0 Å². The van der Waals surface area contributed by atoms with Crippen LogP contribution in [0.1, 0.15) is 25.3 Å². The van der Waals surface area contributed by atoms with Gasteiger partial charge in [0.25, 0.3) is 12.3 Å². The minimum atomic E-state index is -3.18. The molecule has 146 valence electrons. The molecule has 1 aromatic rings. The van der Waals surface area contributed by atoms with E-state index in [1.165, 1.54) is 4.90 Å². The number of rotatable bonds is 7. The average Bonchev–Trinajstić information content (AvgIpc) is 3.45. The molecule has 8 heteroatoms. The molecular formula is C19H21ClF3N3O. The van der Waals surface area contributed by atoms with Crippen molar-refractivity contribution in [1.82, 2.24) is 4.90 Å². The molecule has 4 nitrogen and oxygen atoms in total. The van der Waals surface area contributed by atoms with E-state index in [9.17, 15) is 18.0 Å². The number of nitrogens with two attached hydrogens (primary N) is 1. The molecule has 2 N–H and O–H groups in total. The Balaban J connectivity index is 2.42. The van der Waals surface area contributed by atoms with E-state index in [0.717, 1.165) is 7.05 Å². The number of halogens is 4. The fourth-order valence-corrected chi connectivity index (χ4v) is 2.98. The van der Waals surface area contributed by atoms with Crippen molar-refractivity contribution in [3.8, 4) is 0 Å². The summed E-state index contributed by atoms with van der Waals surface area (Å²) in [5, 5.41) is 0.497. The molecule has 1 atom stereocenters. The van der Waals surface area contributed by atoms with Crippen LogP contribution in [0, 0.1) is 0 Å². The number of hydrogen-bond donors (Lipinski definition) is 1. The Hall–Kier alpha value is -2.28. The summed E-state index contributed by atoms with van der Waals surface area (Å²) in [6.07, 6.45) is -1.80. The van der Waals surface area contributed by atoms with Crippen molar-refractivity contribution < 1.29 is 18.0 Å². The molecule has 0 bridgehead atoms. The van der Waals surface area contributed by atoms with E-state index in [2.05, 4.69) is 11.6 Å². The highest BCUT2D eigenvalue weighted by molar-refractivity contribution is 6.30. The number of nitrogens with zero attached hydrogens (tertiary/aromatic N) is 2. The molecule has 0 aromatic heterocycles. The lowest BCUT2D eigenvalue weighted by atomic mass is 9.99. The second kappa shape index (κ2) is 8.61. The van der Waals surface area contributed by atoms with Gasteiger partial charge in [0.15, 0.2) is 0 Å². The van der Waals surface area contributed by atoms with Crippen LogP contribution in [-0.4, -0.2) is 42.3 Å². The molecule has 1 aliphatic rings. The van der Waals surface area contributed by atoms with Crippen LogP contribution in [0.4, 0.5) is 13.2 Å². The van der Waals surface area contributed by atoms with Crippen molar-refractivity contribution in [3.63, 3.8) is 0 Å². The van der Waals surface area contributed by atoms with Crippen molar-refractivity contribution in [1.29, 1.82) is 0 Å². The SMILES string of the molecule is C=C(c1cccc(Cl)c1)C(C)N(C(=O)C(C(F)=NC)=C(N)C(F)F)C1CC1. The third-order valence-electron chi connectivity index (χ3n) is 4.43. The van der Waals surface area contributed by atoms with Crippen molar-refractivity contribution in [2.24, 2.45) is 10.7 Å². The first-order valence-electron chi connectivity index (χ1n) is 8.36. The zero-order valence-corrected chi connectivity index (χ0v) is 15.8. The van der Waals surface area contributed by atoms with E-state index in [1.54, 1.807) is 31.2 Å². The predicted molar refractivity (Wildman–Crippen MR) is 102 cm³/mol. The first kappa shape index (κ1) is 21.0. The number of alkyl halides is 2. The summed E-state index contributed by atoms with van der Waals surface area (Å²) < 4.78 is 40.3. The summed E-state index contributed by atoms with van der Waals surface area (Å²) in [6, 6.07) is 6.13. The smallest absolute Gasteiger partial charge is 0.278 e. The molecule has 0 saturated heterocycles. The van der Waals surface area contributed by atoms with Crippen LogP contribution >= 0.6 is 11.6 Å². The number of amides is 1. The first-order chi connectivity index (χ1) is 12.7. The van der Waals surface area contributed by atoms with Crippen LogP contribution < -0.4 is 5.73 Å². The van der Waals surface area contributed by atoms with Gasteiger partial charge in [-0.3, -0.25) is 9.79 Å². The Morgan fingerprint density at radius 3 is 2.52 bits per heavy atom. The van der Waals surface area contributed by atoms with E-state index in [4.69, 9.17) is 17.3 Å². The Bertz CT molecular complexity index is 803. The van der Waals surface area contributed by atoms with Gasteiger partial charge in [0.05, 0.1) is 11.7 Å². The topological polar surface area (TPSA) is 58.7 Å².